The summed E-state index contributed by atoms with van der Waals surface area (Å²) in [6.45, 7) is 7.63. The average molecular weight is 320 g/mol. The summed E-state index contributed by atoms with van der Waals surface area (Å²) in [5.41, 5.74) is 0.371. The Morgan fingerprint density at radius 3 is 2.50 bits per heavy atom. The number of benzene rings is 1. The molecular weight excluding hydrogens is 298 g/mol. The van der Waals surface area contributed by atoms with E-state index in [-0.39, 0.29) is 16.9 Å². The molecule has 0 bridgehead atoms. The molecule has 0 amide bonds. The SMILES string of the molecule is Cc1ccc(Cl)cc1S(=O)(=O)NCCC(O)C(C)(C)C. The van der Waals surface area contributed by atoms with E-state index in [9.17, 15) is 13.5 Å². The van der Waals surface area contributed by atoms with Crippen LogP contribution in [0.15, 0.2) is 23.1 Å². The number of nitrogens with one attached hydrogen (secondary N) is 1. The van der Waals surface area contributed by atoms with E-state index in [1.54, 1.807) is 19.1 Å². The van der Waals surface area contributed by atoms with E-state index in [1.807, 2.05) is 20.8 Å². The second kappa shape index (κ2) is 6.43. The number of aliphatic hydroxyl groups is 1. The second-order valence-electron chi connectivity index (χ2n) is 5.98. The molecule has 4 nitrogen and oxygen atoms in total. The number of sulfonamides is 1. The van der Waals surface area contributed by atoms with Crippen molar-refractivity contribution in [2.24, 2.45) is 5.41 Å². The predicted octanol–water partition coefficient (Wildman–Crippen LogP) is 2.72. The molecule has 0 heterocycles. The molecule has 0 spiro atoms. The lowest BCUT2D eigenvalue weighted by molar-refractivity contribution is 0.0571. The summed E-state index contributed by atoms with van der Waals surface area (Å²) in [6, 6.07) is 4.75. The topological polar surface area (TPSA) is 66.4 Å². The molecule has 1 atom stereocenters. The standard InChI is InChI=1S/C14H22ClNO3S/c1-10-5-6-11(15)9-12(10)20(18,19)16-8-7-13(17)14(2,3)4/h5-6,9,13,16-17H,7-8H2,1-4H3. The van der Waals surface area contributed by atoms with Crippen LogP contribution in [0.3, 0.4) is 0 Å². The van der Waals surface area contributed by atoms with Crippen LogP contribution in [-0.2, 0) is 10.0 Å². The van der Waals surface area contributed by atoms with Gasteiger partial charge in [0.25, 0.3) is 0 Å². The van der Waals surface area contributed by atoms with Gasteiger partial charge in [0.15, 0.2) is 0 Å². The van der Waals surface area contributed by atoms with Gasteiger partial charge in [-0.25, -0.2) is 13.1 Å². The Hall–Kier alpha value is -0.620. The van der Waals surface area contributed by atoms with Crippen LogP contribution in [-0.4, -0.2) is 26.2 Å². The Kier molecular flexibility index (Phi) is 5.61. The van der Waals surface area contributed by atoms with E-state index >= 15 is 0 Å². The molecule has 2 N–H and O–H groups in total. The van der Waals surface area contributed by atoms with Gasteiger partial charge >= 0.3 is 0 Å². The minimum Gasteiger partial charge on any atom is -0.393 e. The summed E-state index contributed by atoms with van der Waals surface area (Å²) < 4.78 is 26.9. The monoisotopic (exact) mass is 319 g/mol. The van der Waals surface area contributed by atoms with Crippen molar-refractivity contribution in [3.8, 4) is 0 Å². The molecule has 6 heteroatoms. The first-order chi connectivity index (χ1) is 9.04. The molecule has 1 aromatic rings. The molecule has 0 saturated heterocycles. The summed E-state index contributed by atoms with van der Waals surface area (Å²) in [7, 11) is -3.60. The Labute approximate surface area is 126 Å². The van der Waals surface area contributed by atoms with Crippen LogP contribution in [0.4, 0.5) is 0 Å². The fourth-order valence-electron chi connectivity index (χ4n) is 1.70. The van der Waals surface area contributed by atoms with E-state index in [2.05, 4.69) is 4.72 Å². The summed E-state index contributed by atoms with van der Waals surface area (Å²) in [5, 5.41) is 10.3. The largest absolute Gasteiger partial charge is 0.393 e. The van der Waals surface area contributed by atoms with Crippen LogP contribution in [0, 0.1) is 12.3 Å². The van der Waals surface area contributed by atoms with Crippen molar-refractivity contribution < 1.29 is 13.5 Å². The third-order valence-corrected chi connectivity index (χ3v) is 4.99. The number of aliphatic hydroxyl groups excluding tert-OH is 1. The molecule has 0 aromatic heterocycles. The fourth-order valence-corrected chi connectivity index (χ4v) is 3.26. The van der Waals surface area contributed by atoms with Gasteiger partial charge in [-0.05, 0) is 36.5 Å². The van der Waals surface area contributed by atoms with Crippen LogP contribution < -0.4 is 4.72 Å². The van der Waals surface area contributed by atoms with Gasteiger partial charge in [-0.2, -0.15) is 0 Å². The quantitative estimate of drug-likeness (QED) is 0.877. The molecule has 1 unspecified atom stereocenters. The van der Waals surface area contributed by atoms with Crippen molar-refractivity contribution in [2.45, 2.75) is 45.1 Å². The van der Waals surface area contributed by atoms with Crippen molar-refractivity contribution >= 4 is 21.6 Å². The van der Waals surface area contributed by atoms with Crippen molar-refractivity contribution in [3.63, 3.8) is 0 Å². The van der Waals surface area contributed by atoms with E-state index in [4.69, 9.17) is 11.6 Å². The average Bonchev–Trinajstić information content (AvgIpc) is 2.30. The van der Waals surface area contributed by atoms with Gasteiger partial charge in [0.05, 0.1) is 11.0 Å². The van der Waals surface area contributed by atoms with Gasteiger partial charge in [-0.15, -0.1) is 0 Å². The number of hydrogen-bond donors (Lipinski definition) is 2. The minimum absolute atomic E-state index is 0.176. The lowest BCUT2D eigenvalue weighted by Crippen LogP contribution is -2.32. The van der Waals surface area contributed by atoms with E-state index in [1.165, 1.54) is 6.07 Å². The zero-order valence-electron chi connectivity index (χ0n) is 12.3. The van der Waals surface area contributed by atoms with Crippen molar-refractivity contribution in [3.05, 3.63) is 28.8 Å². The third-order valence-electron chi connectivity index (χ3n) is 3.15. The van der Waals surface area contributed by atoms with Crippen LogP contribution in [0.5, 0.6) is 0 Å². The molecule has 0 aliphatic heterocycles. The third kappa shape index (κ3) is 4.74. The maximum atomic E-state index is 12.2. The first kappa shape index (κ1) is 17.4. The highest BCUT2D eigenvalue weighted by molar-refractivity contribution is 7.89. The first-order valence-electron chi connectivity index (χ1n) is 6.48. The highest BCUT2D eigenvalue weighted by Gasteiger charge is 2.23. The van der Waals surface area contributed by atoms with Crippen LogP contribution in [0.1, 0.15) is 32.8 Å². The van der Waals surface area contributed by atoms with Gasteiger partial charge in [-0.1, -0.05) is 38.4 Å². The smallest absolute Gasteiger partial charge is 0.240 e. The van der Waals surface area contributed by atoms with Gasteiger partial charge in [0, 0.05) is 11.6 Å². The molecule has 0 radical (unpaired) electrons. The molecular formula is C14H22ClNO3S. The highest BCUT2D eigenvalue weighted by atomic mass is 35.5. The van der Waals surface area contributed by atoms with E-state index in [0.717, 1.165) is 0 Å². The normalized spacial score (nSPS) is 14.3. The molecule has 114 valence electrons. The minimum atomic E-state index is -3.60. The maximum absolute atomic E-state index is 12.2. The Morgan fingerprint density at radius 1 is 1.35 bits per heavy atom. The zero-order valence-corrected chi connectivity index (χ0v) is 13.8. The van der Waals surface area contributed by atoms with Crippen molar-refractivity contribution in [1.82, 2.24) is 4.72 Å². The van der Waals surface area contributed by atoms with Crippen LogP contribution in [0.2, 0.25) is 5.02 Å². The van der Waals surface area contributed by atoms with Gasteiger partial charge in [-0.3, -0.25) is 0 Å². The lowest BCUT2D eigenvalue weighted by atomic mass is 9.87. The van der Waals surface area contributed by atoms with Gasteiger partial charge in [0.2, 0.25) is 10.0 Å². The Balaban J connectivity index is 2.74. The van der Waals surface area contributed by atoms with Gasteiger partial charge in [0.1, 0.15) is 0 Å². The Bertz CT molecular complexity index is 564. The zero-order chi connectivity index (χ0) is 15.6. The molecule has 0 saturated carbocycles. The summed E-state index contributed by atoms with van der Waals surface area (Å²) >= 11 is 5.83. The van der Waals surface area contributed by atoms with Gasteiger partial charge < -0.3 is 5.11 Å². The number of halogens is 1. The first-order valence-corrected chi connectivity index (χ1v) is 8.34. The van der Waals surface area contributed by atoms with Crippen LogP contribution >= 0.6 is 11.6 Å². The summed E-state index contributed by atoms with van der Waals surface area (Å²) in [4.78, 5) is 0.176. The molecule has 0 aliphatic rings. The lowest BCUT2D eigenvalue weighted by Gasteiger charge is -2.25. The molecule has 1 rings (SSSR count). The molecule has 1 aromatic carbocycles. The predicted molar refractivity (Wildman–Crippen MR) is 81.5 cm³/mol. The Morgan fingerprint density at radius 2 is 1.95 bits per heavy atom. The summed E-state index contributed by atoms with van der Waals surface area (Å²) in [5.74, 6) is 0. The van der Waals surface area contributed by atoms with Crippen molar-refractivity contribution in [1.29, 1.82) is 0 Å². The number of rotatable bonds is 5. The summed E-state index contributed by atoms with van der Waals surface area (Å²) in [6.07, 6.45) is -0.201. The highest BCUT2D eigenvalue weighted by Crippen LogP contribution is 2.22. The number of hydrogen-bond acceptors (Lipinski definition) is 3. The second-order valence-corrected chi connectivity index (χ2v) is 8.15. The molecule has 0 fully saturated rings. The number of aryl methyl sites for hydroxylation is 1. The van der Waals surface area contributed by atoms with E-state index in [0.29, 0.717) is 17.0 Å². The molecule has 20 heavy (non-hydrogen) atoms. The molecule has 0 aliphatic carbocycles. The maximum Gasteiger partial charge on any atom is 0.240 e. The fraction of sp³-hybridized carbons (Fsp3) is 0.571. The van der Waals surface area contributed by atoms with Crippen molar-refractivity contribution in [2.75, 3.05) is 6.54 Å². The van der Waals surface area contributed by atoms with Crippen LogP contribution in [0.25, 0.3) is 0 Å². The van der Waals surface area contributed by atoms with E-state index < -0.39 is 16.1 Å².